The van der Waals surface area contributed by atoms with Crippen molar-refractivity contribution in [2.24, 2.45) is 0 Å². The molecule has 1 aliphatic heterocycles. The lowest BCUT2D eigenvalue weighted by atomic mass is 10.1. The third kappa shape index (κ3) is 4.92. The van der Waals surface area contributed by atoms with E-state index in [1.807, 2.05) is 0 Å². The summed E-state index contributed by atoms with van der Waals surface area (Å²) in [4.78, 5) is 37.6. The van der Waals surface area contributed by atoms with Crippen LogP contribution in [0.15, 0.2) is 29.2 Å². The van der Waals surface area contributed by atoms with Crippen molar-refractivity contribution in [1.29, 1.82) is 0 Å². The molecule has 8 nitrogen and oxygen atoms in total. The van der Waals surface area contributed by atoms with Crippen molar-refractivity contribution in [3.8, 4) is 0 Å². The Hall–Kier alpha value is -2.56. The molecule has 2 aromatic rings. The minimum absolute atomic E-state index is 0.133. The summed E-state index contributed by atoms with van der Waals surface area (Å²) in [6.07, 6.45) is 2.70. The maximum absolute atomic E-state index is 12.8. The molecule has 1 fully saturated rings. The average molecular weight is 479 g/mol. The standard InChI is InChI=1S/C22H26N2O6S2/c1-4-30-22(27)18-14(2)19(15(3)25)31-21(18)23-20(26)16-8-10-17(11-9-16)32(28,29)24-12-6-5-7-13-24/h8-11H,4-7,12-13H2,1-3H3,(H,23,26). The number of carbonyl (C=O) groups excluding carboxylic acids is 3. The molecular weight excluding hydrogens is 452 g/mol. The van der Waals surface area contributed by atoms with Crippen LogP contribution in [0.2, 0.25) is 0 Å². The van der Waals surface area contributed by atoms with E-state index in [0.29, 0.717) is 23.5 Å². The van der Waals surface area contributed by atoms with Crippen LogP contribution in [0.25, 0.3) is 0 Å². The number of rotatable bonds is 7. The molecule has 0 bridgehead atoms. The van der Waals surface area contributed by atoms with E-state index in [1.165, 1.54) is 35.5 Å². The zero-order valence-electron chi connectivity index (χ0n) is 18.3. The lowest BCUT2D eigenvalue weighted by Gasteiger charge is -2.25. The number of esters is 1. The number of hydrogen-bond acceptors (Lipinski definition) is 7. The summed E-state index contributed by atoms with van der Waals surface area (Å²) in [5.41, 5.74) is 0.840. The second-order valence-electron chi connectivity index (χ2n) is 7.48. The van der Waals surface area contributed by atoms with Gasteiger partial charge in [-0.3, -0.25) is 9.59 Å². The molecule has 32 heavy (non-hydrogen) atoms. The van der Waals surface area contributed by atoms with E-state index in [0.717, 1.165) is 30.6 Å². The van der Waals surface area contributed by atoms with Gasteiger partial charge in [0.2, 0.25) is 10.0 Å². The largest absolute Gasteiger partial charge is 0.462 e. The minimum Gasteiger partial charge on any atom is -0.462 e. The molecule has 0 aliphatic carbocycles. The first-order valence-corrected chi connectivity index (χ1v) is 12.7. The topological polar surface area (TPSA) is 110 Å². The first-order chi connectivity index (χ1) is 15.2. The highest BCUT2D eigenvalue weighted by Gasteiger charge is 2.27. The van der Waals surface area contributed by atoms with Gasteiger partial charge in [-0.15, -0.1) is 11.3 Å². The van der Waals surface area contributed by atoms with E-state index >= 15 is 0 Å². The van der Waals surface area contributed by atoms with Crippen molar-refractivity contribution < 1.29 is 27.5 Å². The SMILES string of the molecule is CCOC(=O)c1c(NC(=O)c2ccc(S(=O)(=O)N3CCCCC3)cc2)sc(C(C)=O)c1C. The first-order valence-electron chi connectivity index (χ1n) is 10.4. The lowest BCUT2D eigenvalue weighted by molar-refractivity contribution is 0.0527. The van der Waals surface area contributed by atoms with Gasteiger partial charge in [0.05, 0.1) is 21.9 Å². The highest BCUT2D eigenvalue weighted by molar-refractivity contribution is 7.89. The number of hydrogen-bond donors (Lipinski definition) is 1. The average Bonchev–Trinajstić information content (AvgIpc) is 3.10. The second kappa shape index (κ2) is 9.93. The Morgan fingerprint density at radius 3 is 2.28 bits per heavy atom. The van der Waals surface area contributed by atoms with Gasteiger partial charge in [-0.2, -0.15) is 4.31 Å². The maximum Gasteiger partial charge on any atom is 0.341 e. The molecule has 0 saturated carbocycles. The van der Waals surface area contributed by atoms with Crippen LogP contribution in [-0.2, 0) is 14.8 Å². The summed E-state index contributed by atoms with van der Waals surface area (Å²) >= 11 is 1.01. The Bertz CT molecular complexity index is 1130. The van der Waals surface area contributed by atoms with Gasteiger partial charge < -0.3 is 10.1 Å². The van der Waals surface area contributed by atoms with Gasteiger partial charge in [0.1, 0.15) is 5.00 Å². The van der Waals surface area contributed by atoms with Gasteiger partial charge in [0.25, 0.3) is 5.91 Å². The van der Waals surface area contributed by atoms with Crippen LogP contribution in [0.3, 0.4) is 0 Å². The van der Waals surface area contributed by atoms with Crippen LogP contribution in [0.5, 0.6) is 0 Å². The second-order valence-corrected chi connectivity index (χ2v) is 10.4. The van der Waals surface area contributed by atoms with Crippen LogP contribution >= 0.6 is 11.3 Å². The Balaban J connectivity index is 1.84. The Kier molecular flexibility index (Phi) is 7.47. The molecule has 0 radical (unpaired) electrons. The van der Waals surface area contributed by atoms with Crippen molar-refractivity contribution in [1.82, 2.24) is 4.31 Å². The number of benzene rings is 1. The predicted octanol–water partition coefficient (Wildman–Crippen LogP) is 3.86. The van der Waals surface area contributed by atoms with Crippen LogP contribution < -0.4 is 5.32 Å². The van der Waals surface area contributed by atoms with Gasteiger partial charge in [-0.1, -0.05) is 6.42 Å². The number of anilines is 1. The van der Waals surface area contributed by atoms with Gasteiger partial charge >= 0.3 is 5.97 Å². The fourth-order valence-corrected chi connectivity index (χ4v) is 6.20. The first kappa shape index (κ1) is 24.1. The molecule has 0 unspecified atom stereocenters. The quantitative estimate of drug-likeness (QED) is 0.478. The smallest absolute Gasteiger partial charge is 0.341 e. The number of nitrogens with zero attached hydrogens (tertiary/aromatic N) is 1. The number of piperidine rings is 1. The van der Waals surface area contributed by atoms with E-state index < -0.39 is 21.9 Å². The molecular formula is C22H26N2O6S2. The highest BCUT2D eigenvalue weighted by Crippen LogP contribution is 2.34. The summed E-state index contributed by atoms with van der Waals surface area (Å²) in [6.45, 7) is 5.85. The van der Waals surface area contributed by atoms with Crippen LogP contribution in [-0.4, -0.2) is 50.1 Å². The molecule has 3 rings (SSSR count). The Morgan fingerprint density at radius 1 is 1.09 bits per heavy atom. The number of sulfonamides is 1. The number of ketones is 1. The Morgan fingerprint density at radius 2 is 1.72 bits per heavy atom. The normalized spacial score (nSPS) is 14.7. The van der Waals surface area contributed by atoms with Crippen molar-refractivity contribution in [2.45, 2.75) is 44.9 Å². The van der Waals surface area contributed by atoms with Gasteiger partial charge in [0.15, 0.2) is 5.78 Å². The van der Waals surface area contributed by atoms with Gasteiger partial charge in [-0.05, 0) is 63.4 Å². The molecule has 1 amide bonds. The Labute approximate surface area is 191 Å². The molecule has 1 N–H and O–H groups in total. The molecule has 2 heterocycles. The molecule has 1 aromatic carbocycles. The number of ether oxygens (including phenoxy) is 1. The molecule has 10 heteroatoms. The predicted molar refractivity (Wildman–Crippen MR) is 122 cm³/mol. The summed E-state index contributed by atoms with van der Waals surface area (Å²) in [7, 11) is -3.59. The third-order valence-electron chi connectivity index (χ3n) is 5.24. The molecule has 1 saturated heterocycles. The van der Waals surface area contributed by atoms with Crippen molar-refractivity contribution in [3.63, 3.8) is 0 Å². The maximum atomic E-state index is 12.8. The number of Topliss-reactive ketones (excluding diaryl/α,β-unsaturated/α-hetero) is 1. The van der Waals surface area contributed by atoms with Crippen LogP contribution in [0.4, 0.5) is 5.00 Å². The van der Waals surface area contributed by atoms with E-state index in [-0.39, 0.29) is 33.4 Å². The van der Waals surface area contributed by atoms with Crippen LogP contribution in [0.1, 0.15) is 69.1 Å². The van der Waals surface area contributed by atoms with Crippen molar-refractivity contribution >= 4 is 44.0 Å². The zero-order valence-corrected chi connectivity index (χ0v) is 19.9. The lowest BCUT2D eigenvalue weighted by Crippen LogP contribution is -2.35. The molecule has 1 aliphatic rings. The van der Waals surface area contributed by atoms with E-state index in [4.69, 9.17) is 4.74 Å². The van der Waals surface area contributed by atoms with Crippen molar-refractivity contribution in [2.75, 3.05) is 25.0 Å². The summed E-state index contributed by atoms with van der Waals surface area (Å²) in [5, 5.41) is 2.89. The van der Waals surface area contributed by atoms with Gasteiger partial charge in [0, 0.05) is 18.7 Å². The molecule has 172 valence electrons. The number of carbonyl (C=O) groups is 3. The highest BCUT2D eigenvalue weighted by atomic mass is 32.2. The van der Waals surface area contributed by atoms with Crippen molar-refractivity contribution in [3.05, 3.63) is 45.8 Å². The third-order valence-corrected chi connectivity index (χ3v) is 8.46. The van der Waals surface area contributed by atoms with E-state index in [1.54, 1.807) is 13.8 Å². The van der Waals surface area contributed by atoms with Crippen LogP contribution in [0, 0.1) is 6.92 Å². The molecule has 0 atom stereocenters. The fourth-order valence-electron chi connectivity index (χ4n) is 3.59. The monoisotopic (exact) mass is 478 g/mol. The number of nitrogens with one attached hydrogen (secondary N) is 1. The van der Waals surface area contributed by atoms with Gasteiger partial charge in [-0.25, -0.2) is 13.2 Å². The molecule has 0 spiro atoms. The summed E-state index contributed by atoms with van der Waals surface area (Å²) in [6, 6.07) is 5.68. The fraction of sp³-hybridized carbons (Fsp3) is 0.409. The van der Waals surface area contributed by atoms with E-state index in [2.05, 4.69) is 5.32 Å². The van der Waals surface area contributed by atoms with E-state index in [9.17, 15) is 22.8 Å². The zero-order chi connectivity index (χ0) is 23.5. The summed E-state index contributed by atoms with van der Waals surface area (Å²) in [5.74, 6) is -1.35. The minimum atomic E-state index is -3.59. The summed E-state index contributed by atoms with van der Waals surface area (Å²) < 4.78 is 32.1. The number of thiophene rings is 1. The molecule has 1 aromatic heterocycles. The number of amides is 1.